The lowest BCUT2D eigenvalue weighted by atomic mass is 9.94. The number of carbonyl (C=O) groups is 3. The summed E-state index contributed by atoms with van der Waals surface area (Å²) in [6.07, 6.45) is 2.82. The number of aryl methyl sites for hydroxylation is 1. The van der Waals surface area contributed by atoms with Gasteiger partial charge in [0.2, 0.25) is 11.8 Å². The van der Waals surface area contributed by atoms with Crippen molar-refractivity contribution in [1.29, 1.82) is 0 Å². The Kier molecular flexibility index (Phi) is 13.2. The molecule has 7 heteroatoms. The maximum absolute atomic E-state index is 14.3. The van der Waals surface area contributed by atoms with Crippen LogP contribution in [0.5, 0.6) is 0 Å². The predicted octanol–water partition coefficient (Wildman–Crippen LogP) is 6.16. The number of hydrogen-bond donors (Lipinski definition) is 2. The minimum absolute atomic E-state index is 0.205. The Morgan fingerprint density at radius 3 is 2.19 bits per heavy atom. The maximum atomic E-state index is 14.3. The van der Waals surface area contributed by atoms with Gasteiger partial charge in [-0.15, -0.1) is 0 Å². The quantitative estimate of drug-likeness (QED) is 0.307. The van der Waals surface area contributed by atoms with Crippen LogP contribution in [-0.4, -0.2) is 47.0 Å². The molecule has 37 heavy (non-hydrogen) atoms. The zero-order valence-corrected chi connectivity index (χ0v) is 24.8. The highest BCUT2D eigenvalue weighted by Gasteiger charge is 2.39. The minimum atomic E-state index is -0.841. The van der Waals surface area contributed by atoms with E-state index in [2.05, 4.69) is 31.4 Å². The van der Waals surface area contributed by atoms with E-state index in [1.807, 2.05) is 52.0 Å². The standard InChI is InChI=1S/C30H51N3O4/c1-11-12-18-31-27(34)26(24-15-13-14-22(6)19-24)33(23(7)17-16-20(2)3)28(35)25(21(4)5)32-29(36)37-30(8,9)10/h13-15,19-21,23,25-26H,11-12,16-18H2,1-10H3,(H,31,34)(H,32,36). The summed E-state index contributed by atoms with van der Waals surface area (Å²) in [4.78, 5) is 42.4. The van der Waals surface area contributed by atoms with Gasteiger partial charge < -0.3 is 20.3 Å². The van der Waals surface area contributed by atoms with E-state index in [0.29, 0.717) is 12.5 Å². The molecule has 0 heterocycles. The molecule has 0 saturated heterocycles. The van der Waals surface area contributed by atoms with E-state index in [9.17, 15) is 14.4 Å². The SMILES string of the molecule is CCCCNC(=O)C(c1cccc(C)c1)N(C(=O)C(NC(=O)OC(C)(C)C)C(C)C)C(C)CCC(C)C. The Morgan fingerprint density at radius 2 is 1.68 bits per heavy atom. The molecule has 2 N–H and O–H groups in total. The second-order valence-corrected chi connectivity index (χ2v) is 11.9. The summed E-state index contributed by atoms with van der Waals surface area (Å²) < 4.78 is 5.46. The van der Waals surface area contributed by atoms with Gasteiger partial charge in [0.05, 0.1) is 0 Å². The molecule has 3 unspecified atom stereocenters. The van der Waals surface area contributed by atoms with Gasteiger partial charge in [-0.25, -0.2) is 4.79 Å². The van der Waals surface area contributed by atoms with Crippen molar-refractivity contribution in [3.63, 3.8) is 0 Å². The zero-order chi connectivity index (χ0) is 28.3. The summed E-state index contributed by atoms with van der Waals surface area (Å²) in [7, 11) is 0. The first-order valence-electron chi connectivity index (χ1n) is 13.8. The smallest absolute Gasteiger partial charge is 0.408 e. The van der Waals surface area contributed by atoms with Crippen LogP contribution in [0.15, 0.2) is 24.3 Å². The Hall–Kier alpha value is -2.57. The van der Waals surface area contributed by atoms with Crippen LogP contribution in [0.25, 0.3) is 0 Å². The van der Waals surface area contributed by atoms with Gasteiger partial charge in [-0.05, 0) is 71.3 Å². The molecule has 0 bridgehead atoms. The van der Waals surface area contributed by atoms with Gasteiger partial charge in [-0.3, -0.25) is 9.59 Å². The third-order valence-electron chi connectivity index (χ3n) is 6.21. The van der Waals surface area contributed by atoms with Gasteiger partial charge in [0.15, 0.2) is 0 Å². The first kappa shape index (κ1) is 32.5. The van der Waals surface area contributed by atoms with E-state index in [4.69, 9.17) is 4.74 Å². The van der Waals surface area contributed by atoms with Gasteiger partial charge in [0.1, 0.15) is 17.7 Å². The van der Waals surface area contributed by atoms with Crippen LogP contribution in [-0.2, 0) is 14.3 Å². The average molecular weight is 518 g/mol. The highest BCUT2D eigenvalue weighted by atomic mass is 16.6. The Bertz CT molecular complexity index is 876. The molecule has 0 spiro atoms. The van der Waals surface area contributed by atoms with Crippen LogP contribution >= 0.6 is 0 Å². The summed E-state index contributed by atoms with van der Waals surface area (Å²) in [5.41, 5.74) is 1.08. The van der Waals surface area contributed by atoms with E-state index in [1.54, 1.807) is 25.7 Å². The molecule has 0 fully saturated rings. The number of nitrogens with one attached hydrogen (secondary N) is 2. The highest BCUT2D eigenvalue weighted by molar-refractivity contribution is 5.92. The van der Waals surface area contributed by atoms with Gasteiger partial charge in [0, 0.05) is 12.6 Å². The fourth-order valence-corrected chi connectivity index (χ4v) is 4.18. The van der Waals surface area contributed by atoms with Crippen LogP contribution in [0.2, 0.25) is 0 Å². The number of benzene rings is 1. The number of amides is 3. The third-order valence-corrected chi connectivity index (χ3v) is 6.21. The molecule has 0 radical (unpaired) electrons. The monoisotopic (exact) mass is 517 g/mol. The number of hydrogen-bond acceptors (Lipinski definition) is 4. The predicted molar refractivity (Wildman–Crippen MR) is 150 cm³/mol. The lowest BCUT2D eigenvalue weighted by molar-refractivity contribution is -0.146. The molecule has 3 amide bonds. The number of nitrogens with zero attached hydrogens (tertiary/aromatic N) is 1. The summed E-state index contributed by atoms with van der Waals surface area (Å²) in [6.45, 7) is 20.0. The van der Waals surface area contributed by atoms with Gasteiger partial charge in [0.25, 0.3) is 0 Å². The summed E-state index contributed by atoms with van der Waals surface area (Å²) in [5.74, 6) is -0.241. The van der Waals surface area contributed by atoms with Gasteiger partial charge >= 0.3 is 6.09 Å². The number of unbranched alkanes of at least 4 members (excludes halogenated alkanes) is 1. The number of carbonyl (C=O) groups excluding carboxylic acids is 3. The summed E-state index contributed by atoms with van der Waals surface area (Å²) in [5, 5.41) is 5.85. The normalized spacial score (nSPS) is 14.2. The van der Waals surface area contributed by atoms with Crippen LogP contribution in [0.3, 0.4) is 0 Å². The molecule has 0 aromatic heterocycles. The molecule has 1 rings (SSSR count). The van der Waals surface area contributed by atoms with E-state index >= 15 is 0 Å². The number of ether oxygens (including phenoxy) is 1. The molecule has 3 atom stereocenters. The largest absolute Gasteiger partial charge is 0.444 e. The van der Waals surface area contributed by atoms with Crippen molar-refractivity contribution in [3.8, 4) is 0 Å². The molecule has 1 aromatic carbocycles. The first-order valence-corrected chi connectivity index (χ1v) is 13.8. The van der Waals surface area contributed by atoms with Crippen molar-refractivity contribution in [2.75, 3.05) is 6.54 Å². The maximum Gasteiger partial charge on any atom is 0.408 e. The molecular weight excluding hydrogens is 466 g/mol. The molecule has 210 valence electrons. The van der Waals surface area contributed by atoms with Crippen molar-refractivity contribution in [1.82, 2.24) is 15.5 Å². The molecular formula is C30H51N3O4. The molecule has 0 aliphatic heterocycles. The van der Waals surface area contributed by atoms with Crippen LogP contribution in [0, 0.1) is 18.8 Å². The van der Waals surface area contributed by atoms with Gasteiger partial charge in [-0.1, -0.05) is 70.9 Å². The molecule has 0 aliphatic rings. The lowest BCUT2D eigenvalue weighted by Crippen LogP contribution is -2.57. The Balaban J connectivity index is 3.55. The zero-order valence-electron chi connectivity index (χ0n) is 24.8. The fraction of sp³-hybridized carbons (Fsp3) is 0.700. The fourth-order valence-electron chi connectivity index (χ4n) is 4.18. The molecule has 7 nitrogen and oxygen atoms in total. The van der Waals surface area contributed by atoms with E-state index < -0.39 is 23.8 Å². The number of rotatable bonds is 13. The minimum Gasteiger partial charge on any atom is -0.444 e. The first-order chi connectivity index (χ1) is 17.2. The van der Waals surface area contributed by atoms with Crippen molar-refractivity contribution in [3.05, 3.63) is 35.4 Å². The van der Waals surface area contributed by atoms with Crippen LogP contribution in [0.4, 0.5) is 4.79 Å². The molecule has 0 saturated carbocycles. The highest BCUT2D eigenvalue weighted by Crippen LogP contribution is 2.29. The number of alkyl carbamates (subject to hydrolysis) is 1. The van der Waals surface area contributed by atoms with E-state index in [0.717, 1.165) is 36.8 Å². The summed E-state index contributed by atoms with van der Waals surface area (Å²) >= 11 is 0. The van der Waals surface area contributed by atoms with Gasteiger partial charge in [-0.2, -0.15) is 0 Å². The van der Waals surface area contributed by atoms with Crippen LogP contribution < -0.4 is 10.6 Å². The van der Waals surface area contributed by atoms with Crippen molar-refractivity contribution >= 4 is 17.9 Å². The Labute approximate surface area is 225 Å². The average Bonchev–Trinajstić information content (AvgIpc) is 2.77. The lowest BCUT2D eigenvalue weighted by Gasteiger charge is -2.39. The Morgan fingerprint density at radius 1 is 1.03 bits per heavy atom. The summed E-state index contributed by atoms with van der Waals surface area (Å²) in [6, 6.07) is 5.88. The van der Waals surface area contributed by atoms with Crippen molar-refractivity contribution in [2.45, 2.75) is 119 Å². The van der Waals surface area contributed by atoms with E-state index in [1.165, 1.54) is 0 Å². The topological polar surface area (TPSA) is 87.7 Å². The van der Waals surface area contributed by atoms with Crippen molar-refractivity contribution in [2.24, 2.45) is 11.8 Å². The third kappa shape index (κ3) is 11.1. The van der Waals surface area contributed by atoms with Crippen LogP contribution in [0.1, 0.15) is 105 Å². The van der Waals surface area contributed by atoms with Crippen molar-refractivity contribution < 1.29 is 19.1 Å². The van der Waals surface area contributed by atoms with E-state index in [-0.39, 0.29) is 23.8 Å². The molecule has 1 aromatic rings. The second kappa shape index (κ2) is 15.0. The molecule has 0 aliphatic carbocycles. The second-order valence-electron chi connectivity index (χ2n) is 11.9.